The van der Waals surface area contributed by atoms with Gasteiger partial charge in [0.1, 0.15) is 6.04 Å². The van der Waals surface area contributed by atoms with Crippen molar-refractivity contribution < 1.29 is 9.90 Å². The second kappa shape index (κ2) is 5.64. The maximum absolute atomic E-state index is 10.6. The number of hydrogen-bond acceptors (Lipinski definition) is 3. The first kappa shape index (κ1) is 12.6. The molecule has 0 aliphatic carbocycles. The summed E-state index contributed by atoms with van der Waals surface area (Å²) in [4.78, 5) is 14.9. The molecule has 0 saturated carbocycles. The van der Waals surface area contributed by atoms with E-state index in [1.54, 1.807) is 6.92 Å². The number of nitrogens with one attached hydrogen (secondary N) is 1. The van der Waals surface area contributed by atoms with E-state index in [1.807, 2.05) is 30.6 Å². The molecule has 2 N–H and O–H groups in total. The van der Waals surface area contributed by atoms with E-state index >= 15 is 0 Å². The fourth-order valence-corrected chi connectivity index (χ4v) is 1.84. The zero-order valence-electron chi connectivity index (χ0n) is 10.3. The molecule has 1 aromatic heterocycles. The number of aromatic nitrogens is 2. The number of carboxylic acids is 1. The van der Waals surface area contributed by atoms with E-state index in [1.165, 1.54) is 0 Å². The Labute approximate surface area is 105 Å². The summed E-state index contributed by atoms with van der Waals surface area (Å²) in [6.07, 6.45) is 2.70. The number of benzene rings is 1. The van der Waals surface area contributed by atoms with E-state index in [0.717, 1.165) is 24.0 Å². The number of nitrogens with zero attached hydrogens (tertiary/aromatic N) is 2. The third kappa shape index (κ3) is 2.87. The summed E-state index contributed by atoms with van der Waals surface area (Å²) in [5.74, 6) is -0.817. The minimum Gasteiger partial charge on any atom is -0.480 e. The monoisotopic (exact) mass is 247 g/mol. The van der Waals surface area contributed by atoms with Crippen LogP contribution in [-0.2, 0) is 11.3 Å². The molecule has 0 spiro atoms. The molecule has 1 aromatic carbocycles. The summed E-state index contributed by atoms with van der Waals surface area (Å²) in [5.41, 5.74) is 2.10. The maximum Gasteiger partial charge on any atom is 0.320 e. The van der Waals surface area contributed by atoms with Crippen LogP contribution in [0.5, 0.6) is 0 Å². The van der Waals surface area contributed by atoms with Crippen LogP contribution in [0.15, 0.2) is 30.6 Å². The molecule has 0 fully saturated rings. The van der Waals surface area contributed by atoms with Crippen LogP contribution in [0.3, 0.4) is 0 Å². The molecular formula is C13H17N3O2. The third-order valence-corrected chi connectivity index (χ3v) is 2.92. The van der Waals surface area contributed by atoms with E-state index in [-0.39, 0.29) is 0 Å². The standard InChI is InChI=1S/C13H17N3O2/c1-10(13(17)18)14-7-4-8-16-9-15-11-5-2-3-6-12(11)16/h2-3,5-6,9-10,14H,4,7-8H2,1H3,(H,17,18). The van der Waals surface area contributed by atoms with Crippen molar-refractivity contribution >= 4 is 17.0 Å². The van der Waals surface area contributed by atoms with E-state index in [2.05, 4.69) is 14.9 Å². The van der Waals surface area contributed by atoms with E-state index in [0.29, 0.717) is 6.54 Å². The van der Waals surface area contributed by atoms with E-state index in [9.17, 15) is 4.79 Å². The first-order chi connectivity index (χ1) is 8.68. The fraction of sp³-hybridized carbons (Fsp3) is 0.385. The normalized spacial score (nSPS) is 12.7. The van der Waals surface area contributed by atoms with E-state index in [4.69, 9.17) is 5.11 Å². The van der Waals surface area contributed by atoms with Gasteiger partial charge in [0.2, 0.25) is 0 Å². The summed E-state index contributed by atoms with van der Waals surface area (Å²) in [7, 11) is 0. The lowest BCUT2D eigenvalue weighted by molar-refractivity contribution is -0.138. The second-order valence-corrected chi connectivity index (χ2v) is 4.29. The molecule has 0 aliphatic heterocycles. The van der Waals surface area contributed by atoms with Gasteiger partial charge in [0.15, 0.2) is 0 Å². The molecule has 18 heavy (non-hydrogen) atoms. The van der Waals surface area contributed by atoms with Crippen LogP contribution in [0.4, 0.5) is 0 Å². The first-order valence-electron chi connectivity index (χ1n) is 6.04. The Morgan fingerprint density at radius 2 is 2.28 bits per heavy atom. The topological polar surface area (TPSA) is 67.2 Å². The van der Waals surface area contributed by atoms with Crippen molar-refractivity contribution in [2.75, 3.05) is 6.54 Å². The summed E-state index contributed by atoms with van der Waals surface area (Å²) >= 11 is 0. The predicted molar refractivity (Wildman–Crippen MR) is 69.5 cm³/mol. The molecule has 0 amide bonds. The molecule has 5 heteroatoms. The number of para-hydroxylation sites is 2. The van der Waals surface area contributed by atoms with Crippen LogP contribution in [0, 0.1) is 0 Å². The van der Waals surface area contributed by atoms with Crippen molar-refractivity contribution in [2.24, 2.45) is 0 Å². The molecule has 0 bridgehead atoms. The van der Waals surface area contributed by atoms with Gasteiger partial charge in [-0.15, -0.1) is 0 Å². The maximum atomic E-state index is 10.6. The minimum atomic E-state index is -0.817. The van der Waals surface area contributed by atoms with Crippen LogP contribution >= 0.6 is 0 Å². The second-order valence-electron chi connectivity index (χ2n) is 4.29. The fourth-order valence-electron chi connectivity index (χ4n) is 1.84. The average Bonchev–Trinajstić information content (AvgIpc) is 2.77. The number of hydrogen-bond donors (Lipinski definition) is 2. The number of imidazole rings is 1. The smallest absolute Gasteiger partial charge is 0.320 e. The molecule has 2 rings (SSSR count). The van der Waals surface area contributed by atoms with Gasteiger partial charge in [0, 0.05) is 6.54 Å². The number of fused-ring (bicyclic) bond motifs is 1. The highest BCUT2D eigenvalue weighted by Gasteiger charge is 2.08. The lowest BCUT2D eigenvalue weighted by Crippen LogP contribution is -2.34. The quantitative estimate of drug-likeness (QED) is 0.759. The minimum absolute atomic E-state index is 0.496. The Bertz CT molecular complexity index is 536. The summed E-state index contributed by atoms with van der Waals surface area (Å²) in [6, 6.07) is 7.48. The van der Waals surface area contributed by atoms with Gasteiger partial charge >= 0.3 is 5.97 Å². The van der Waals surface area contributed by atoms with Crippen LogP contribution in [0.25, 0.3) is 11.0 Å². The molecule has 2 aromatic rings. The summed E-state index contributed by atoms with van der Waals surface area (Å²) in [5, 5.41) is 11.7. The Balaban J connectivity index is 1.85. The van der Waals surface area contributed by atoms with Crippen molar-refractivity contribution in [2.45, 2.75) is 25.9 Å². The van der Waals surface area contributed by atoms with E-state index < -0.39 is 12.0 Å². The van der Waals surface area contributed by atoms with Gasteiger partial charge in [-0.2, -0.15) is 0 Å². The number of carboxylic acid groups (broad SMARTS) is 1. The SMILES string of the molecule is CC(NCCCn1cnc2ccccc21)C(=O)O. The summed E-state index contributed by atoms with van der Waals surface area (Å²) in [6.45, 7) is 3.16. The first-order valence-corrected chi connectivity index (χ1v) is 6.04. The van der Waals surface area contributed by atoms with Gasteiger partial charge in [0.05, 0.1) is 17.4 Å². The van der Waals surface area contributed by atoms with Gasteiger partial charge in [0.25, 0.3) is 0 Å². The van der Waals surface area contributed by atoms with Crippen LogP contribution in [-0.4, -0.2) is 33.2 Å². The molecule has 1 heterocycles. The molecule has 0 saturated heterocycles. The lowest BCUT2D eigenvalue weighted by Gasteiger charge is -2.09. The Hall–Kier alpha value is -1.88. The van der Waals surface area contributed by atoms with Crippen molar-refractivity contribution in [3.8, 4) is 0 Å². The van der Waals surface area contributed by atoms with Gasteiger partial charge in [-0.25, -0.2) is 4.98 Å². The van der Waals surface area contributed by atoms with Gasteiger partial charge in [-0.1, -0.05) is 12.1 Å². The van der Waals surface area contributed by atoms with Gasteiger partial charge in [-0.05, 0) is 32.0 Å². The Morgan fingerprint density at radius 1 is 1.50 bits per heavy atom. The molecule has 5 nitrogen and oxygen atoms in total. The molecule has 96 valence electrons. The Kier molecular flexibility index (Phi) is 3.94. The molecule has 1 unspecified atom stereocenters. The van der Waals surface area contributed by atoms with Crippen LogP contribution in [0.1, 0.15) is 13.3 Å². The largest absolute Gasteiger partial charge is 0.480 e. The van der Waals surface area contributed by atoms with Crippen molar-refractivity contribution in [3.63, 3.8) is 0 Å². The zero-order valence-corrected chi connectivity index (χ0v) is 10.3. The molecule has 0 aliphatic rings. The zero-order chi connectivity index (χ0) is 13.0. The third-order valence-electron chi connectivity index (χ3n) is 2.92. The number of carbonyl (C=O) groups is 1. The van der Waals surface area contributed by atoms with Gasteiger partial charge in [-0.3, -0.25) is 4.79 Å². The number of aliphatic carboxylic acids is 1. The summed E-state index contributed by atoms with van der Waals surface area (Å²) < 4.78 is 2.09. The highest BCUT2D eigenvalue weighted by molar-refractivity contribution is 5.74. The predicted octanol–water partition coefficient (Wildman–Crippen LogP) is 1.49. The van der Waals surface area contributed by atoms with Crippen molar-refractivity contribution in [1.29, 1.82) is 0 Å². The van der Waals surface area contributed by atoms with Gasteiger partial charge < -0.3 is 15.0 Å². The van der Waals surface area contributed by atoms with Crippen molar-refractivity contribution in [1.82, 2.24) is 14.9 Å². The van der Waals surface area contributed by atoms with Crippen LogP contribution in [0.2, 0.25) is 0 Å². The van der Waals surface area contributed by atoms with Crippen LogP contribution < -0.4 is 5.32 Å². The van der Waals surface area contributed by atoms with Crippen molar-refractivity contribution in [3.05, 3.63) is 30.6 Å². The molecular weight excluding hydrogens is 230 g/mol. The Morgan fingerprint density at radius 3 is 3.06 bits per heavy atom. The average molecular weight is 247 g/mol. The lowest BCUT2D eigenvalue weighted by atomic mass is 10.3. The highest BCUT2D eigenvalue weighted by atomic mass is 16.4. The highest BCUT2D eigenvalue weighted by Crippen LogP contribution is 2.11. The number of aryl methyl sites for hydroxylation is 1. The molecule has 1 atom stereocenters. The number of rotatable bonds is 6. The molecule has 0 radical (unpaired) electrons.